The molecule has 1 saturated carbocycles. The molecule has 2 aromatic carbocycles. The zero-order chi connectivity index (χ0) is 23.9. The largest absolute Gasteiger partial charge is 0.439 e. The van der Waals surface area contributed by atoms with Crippen molar-refractivity contribution in [3.05, 3.63) is 74.4 Å². The summed E-state index contributed by atoms with van der Waals surface area (Å²) in [6.07, 6.45) is 3.16. The third-order valence-electron chi connectivity index (χ3n) is 6.52. The third-order valence-corrected chi connectivity index (χ3v) is 7.15. The summed E-state index contributed by atoms with van der Waals surface area (Å²) in [7, 11) is 0. The van der Waals surface area contributed by atoms with E-state index in [2.05, 4.69) is 24.7 Å². The van der Waals surface area contributed by atoms with Gasteiger partial charge in [0.25, 0.3) is 0 Å². The summed E-state index contributed by atoms with van der Waals surface area (Å²) in [5, 5.41) is 9.16. The van der Waals surface area contributed by atoms with Gasteiger partial charge in [-0.3, -0.25) is 9.51 Å². The van der Waals surface area contributed by atoms with Crippen LogP contribution in [0.15, 0.2) is 56.3 Å². The first kappa shape index (κ1) is 22.4. The van der Waals surface area contributed by atoms with E-state index < -0.39 is 5.76 Å². The number of nitrogens with one attached hydrogen (secondary N) is 1. The van der Waals surface area contributed by atoms with E-state index in [0.29, 0.717) is 39.7 Å². The molecule has 4 aromatic rings. The van der Waals surface area contributed by atoms with Gasteiger partial charge in [-0.2, -0.15) is 0 Å². The molecule has 0 radical (unpaired) electrons. The average molecular weight is 513 g/mol. The molecule has 35 heavy (non-hydrogen) atoms. The maximum absolute atomic E-state index is 11.2. The molecular formula is C25H22Cl2N4O4. The Balaban J connectivity index is 1.16. The Morgan fingerprint density at radius 2 is 1.80 bits per heavy atom. The number of hydrogen-bond donors (Lipinski definition) is 1. The van der Waals surface area contributed by atoms with Crippen LogP contribution >= 0.6 is 23.2 Å². The fourth-order valence-corrected chi connectivity index (χ4v) is 5.11. The summed E-state index contributed by atoms with van der Waals surface area (Å²) < 4.78 is 16.7. The van der Waals surface area contributed by atoms with Gasteiger partial charge in [-0.05, 0) is 55.7 Å². The summed E-state index contributed by atoms with van der Waals surface area (Å²) in [5.74, 6) is 1.11. The lowest BCUT2D eigenvalue weighted by Gasteiger charge is -2.19. The average Bonchev–Trinajstić information content (AvgIpc) is 3.23. The molecule has 2 aromatic heterocycles. The van der Waals surface area contributed by atoms with Gasteiger partial charge in [-0.1, -0.05) is 39.6 Å². The zero-order valence-electron chi connectivity index (χ0n) is 18.7. The van der Waals surface area contributed by atoms with E-state index >= 15 is 0 Å². The predicted molar refractivity (Wildman–Crippen MR) is 132 cm³/mol. The second-order valence-corrected chi connectivity index (χ2v) is 9.72. The first-order valence-corrected chi connectivity index (χ1v) is 12.3. The van der Waals surface area contributed by atoms with Gasteiger partial charge >= 0.3 is 5.76 Å². The monoisotopic (exact) mass is 512 g/mol. The molecule has 1 aliphatic carbocycles. The van der Waals surface area contributed by atoms with Crippen LogP contribution < -0.4 is 10.7 Å². The Morgan fingerprint density at radius 1 is 1.03 bits per heavy atom. The molecule has 2 fully saturated rings. The van der Waals surface area contributed by atoms with Crippen LogP contribution in [-0.2, 0) is 11.3 Å². The van der Waals surface area contributed by atoms with Crippen molar-refractivity contribution >= 4 is 28.9 Å². The van der Waals surface area contributed by atoms with Crippen LogP contribution in [0.2, 0.25) is 10.0 Å². The van der Waals surface area contributed by atoms with E-state index in [1.54, 1.807) is 12.1 Å². The van der Waals surface area contributed by atoms with Gasteiger partial charge in [0.1, 0.15) is 11.5 Å². The van der Waals surface area contributed by atoms with Crippen molar-refractivity contribution in [2.24, 2.45) is 0 Å². The lowest BCUT2D eigenvalue weighted by atomic mass is 10.0. The van der Waals surface area contributed by atoms with Crippen LogP contribution in [-0.4, -0.2) is 34.5 Å². The SMILES string of the molecule is O=c1[nH]c(-c2ccc(N3CCC(OCc4c(-c5c(Cl)cccc5Cl)noc4C4CC4)C3)cc2)no1. The van der Waals surface area contributed by atoms with Crippen molar-refractivity contribution in [3.63, 3.8) is 0 Å². The topological polar surface area (TPSA) is 97.4 Å². The van der Waals surface area contributed by atoms with Crippen molar-refractivity contribution < 1.29 is 13.8 Å². The summed E-state index contributed by atoms with van der Waals surface area (Å²) in [6.45, 7) is 2.04. The van der Waals surface area contributed by atoms with Gasteiger partial charge in [-0.25, -0.2) is 4.79 Å². The molecule has 1 unspecified atom stereocenters. The summed E-state index contributed by atoms with van der Waals surface area (Å²) in [5.41, 5.74) is 4.16. The van der Waals surface area contributed by atoms with Crippen LogP contribution in [0.4, 0.5) is 5.69 Å². The van der Waals surface area contributed by atoms with E-state index in [4.69, 9.17) is 32.5 Å². The first-order valence-electron chi connectivity index (χ1n) is 11.5. The molecule has 0 amide bonds. The highest BCUT2D eigenvalue weighted by Crippen LogP contribution is 2.46. The van der Waals surface area contributed by atoms with E-state index in [1.807, 2.05) is 30.3 Å². The smallest absolute Gasteiger partial charge is 0.371 e. The molecule has 0 spiro atoms. The normalized spacial score (nSPS) is 17.9. The molecular weight excluding hydrogens is 491 g/mol. The number of halogens is 2. The summed E-state index contributed by atoms with van der Waals surface area (Å²) in [6, 6.07) is 13.3. The molecule has 1 N–H and O–H groups in total. The zero-order valence-corrected chi connectivity index (χ0v) is 20.2. The van der Waals surface area contributed by atoms with Crippen molar-refractivity contribution in [1.82, 2.24) is 15.3 Å². The van der Waals surface area contributed by atoms with Crippen LogP contribution in [0.3, 0.4) is 0 Å². The summed E-state index contributed by atoms with van der Waals surface area (Å²) >= 11 is 12.9. The van der Waals surface area contributed by atoms with Gasteiger partial charge in [0, 0.05) is 41.4 Å². The number of ether oxygens (including phenoxy) is 1. The number of aromatic nitrogens is 3. The van der Waals surface area contributed by atoms with Gasteiger partial charge in [0.05, 0.1) is 22.8 Å². The van der Waals surface area contributed by atoms with Gasteiger partial charge in [-0.15, -0.1) is 0 Å². The molecule has 3 heterocycles. The molecule has 10 heteroatoms. The number of aromatic amines is 1. The number of H-pyrrole nitrogens is 1. The van der Waals surface area contributed by atoms with E-state index in [-0.39, 0.29) is 6.10 Å². The Labute approximate surface area is 210 Å². The molecule has 0 bridgehead atoms. The second kappa shape index (κ2) is 9.18. The van der Waals surface area contributed by atoms with E-state index in [0.717, 1.165) is 54.9 Å². The molecule has 180 valence electrons. The first-order chi connectivity index (χ1) is 17.1. The number of anilines is 1. The van der Waals surface area contributed by atoms with Gasteiger partial charge in [0.2, 0.25) is 0 Å². The van der Waals surface area contributed by atoms with Crippen LogP contribution in [0.1, 0.15) is 36.5 Å². The third kappa shape index (κ3) is 4.49. The molecule has 2 aliphatic rings. The minimum absolute atomic E-state index is 0.0677. The number of hydrogen-bond acceptors (Lipinski definition) is 7. The molecule has 1 atom stereocenters. The Hall–Kier alpha value is -3.07. The van der Waals surface area contributed by atoms with Gasteiger partial charge < -0.3 is 14.2 Å². The lowest BCUT2D eigenvalue weighted by molar-refractivity contribution is 0.0547. The van der Waals surface area contributed by atoms with Gasteiger partial charge in [0.15, 0.2) is 5.82 Å². The maximum atomic E-state index is 11.2. The number of nitrogens with zero attached hydrogens (tertiary/aromatic N) is 3. The molecule has 1 aliphatic heterocycles. The van der Waals surface area contributed by atoms with Crippen LogP contribution in [0.25, 0.3) is 22.6 Å². The fourth-order valence-electron chi connectivity index (χ4n) is 4.53. The van der Waals surface area contributed by atoms with Crippen molar-refractivity contribution in [3.8, 4) is 22.6 Å². The highest BCUT2D eigenvalue weighted by Gasteiger charge is 2.34. The number of rotatable bonds is 7. The summed E-state index contributed by atoms with van der Waals surface area (Å²) in [4.78, 5) is 16.0. The molecule has 6 rings (SSSR count). The standard InChI is InChI=1S/C25H22Cl2N4O4/c26-19-2-1-3-20(27)21(19)22-18(23(34-29-22)14-4-5-14)13-33-17-10-11-31(12-17)16-8-6-15(7-9-16)24-28-25(32)35-30-24/h1-3,6-9,14,17H,4-5,10-13H2,(H,28,30,32). The Kier molecular flexibility index (Phi) is 5.88. The Bertz CT molecular complexity index is 1390. The highest BCUT2D eigenvalue weighted by atomic mass is 35.5. The Morgan fingerprint density at radius 3 is 2.49 bits per heavy atom. The molecule has 8 nitrogen and oxygen atoms in total. The minimum atomic E-state index is -0.568. The predicted octanol–water partition coefficient (Wildman–Crippen LogP) is 5.66. The van der Waals surface area contributed by atoms with E-state index in [9.17, 15) is 4.79 Å². The maximum Gasteiger partial charge on any atom is 0.439 e. The van der Waals surface area contributed by atoms with Crippen molar-refractivity contribution in [2.45, 2.75) is 37.9 Å². The lowest BCUT2D eigenvalue weighted by Crippen LogP contribution is -2.22. The molecule has 1 saturated heterocycles. The van der Waals surface area contributed by atoms with Crippen LogP contribution in [0, 0.1) is 0 Å². The van der Waals surface area contributed by atoms with Crippen molar-refractivity contribution in [1.29, 1.82) is 0 Å². The highest BCUT2D eigenvalue weighted by molar-refractivity contribution is 6.39. The van der Waals surface area contributed by atoms with Crippen LogP contribution in [0.5, 0.6) is 0 Å². The fraction of sp³-hybridized carbons (Fsp3) is 0.320. The van der Waals surface area contributed by atoms with E-state index in [1.165, 1.54) is 0 Å². The number of benzene rings is 2. The van der Waals surface area contributed by atoms with Crippen molar-refractivity contribution in [2.75, 3.05) is 18.0 Å². The minimum Gasteiger partial charge on any atom is -0.371 e. The second-order valence-electron chi connectivity index (χ2n) is 8.90. The quantitative estimate of drug-likeness (QED) is 0.340.